The van der Waals surface area contributed by atoms with Gasteiger partial charge in [0.2, 0.25) is 5.91 Å². The molecule has 0 radical (unpaired) electrons. The van der Waals surface area contributed by atoms with Gasteiger partial charge in [0.05, 0.1) is 30.2 Å². The smallest absolute Gasteiger partial charge is 0.222 e. The maximum atomic E-state index is 12.8. The molecule has 1 fully saturated rings. The number of nitrogens with zero attached hydrogens (tertiary/aromatic N) is 1. The Morgan fingerprint density at radius 2 is 1.76 bits per heavy atom. The van der Waals surface area contributed by atoms with Crippen molar-refractivity contribution >= 4 is 17.4 Å². The minimum absolute atomic E-state index is 0.00622. The van der Waals surface area contributed by atoms with Crippen molar-refractivity contribution in [1.82, 2.24) is 5.32 Å². The zero-order chi connectivity index (χ0) is 25.7. The van der Waals surface area contributed by atoms with E-state index >= 15 is 0 Å². The Labute approximate surface area is 207 Å². The van der Waals surface area contributed by atoms with Crippen molar-refractivity contribution in [3.8, 4) is 0 Å². The van der Waals surface area contributed by atoms with Crippen LogP contribution in [-0.2, 0) is 9.59 Å². The molecule has 1 saturated heterocycles. The lowest BCUT2D eigenvalue weighted by molar-refractivity contribution is -0.139. The van der Waals surface area contributed by atoms with Crippen molar-refractivity contribution < 1.29 is 19.8 Å². The first-order valence-electron chi connectivity index (χ1n) is 13.0. The highest BCUT2D eigenvalue weighted by Crippen LogP contribution is 2.31. The van der Waals surface area contributed by atoms with Gasteiger partial charge in [-0.3, -0.25) is 14.6 Å². The first-order chi connectivity index (χ1) is 16.0. The van der Waals surface area contributed by atoms with Gasteiger partial charge in [0.25, 0.3) is 0 Å². The fourth-order valence-corrected chi connectivity index (χ4v) is 4.56. The highest BCUT2D eigenvalue weighted by Gasteiger charge is 2.39. The Morgan fingerprint density at radius 3 is 2.35 bits per heavy atom. The third-order valence-electron chi connectivity index (χ3n) is 6.95. The van der Waals surface area contributed by atoms with E-state index in [0.717, 1.165) is 37.1 Å². The summed E-state index contributed by atoms with van der Waals surface area (Å²) in [5, 5.41) is 22.0. The van der Waals surface area contributed by atoms with Gasteiger partial charge in [0.15, 0.2) is 0 Å². The van der Waals surface area contributed by atoms with Gasteiger partial charge in [0.1, 0.15) is 5.78 Å². The summed E-state index contributed by atoms with van der Waals surface area (Å²) in [6, 6.07) is 0. The number of rotatable bonds is 2. The molecule has 0 bridgehead atoms. The molecule has 34 heavy (non-hydrogen) atoms. The van der Waals surface area contributed by atoms with E-state index in [9.17, 15) is 14.7 Å². The summed E-state index contributed by atoms with van der Waals surface area (Å²) in [5.74, 6) is 0.788. The van der Waals surface area contributed by atoms with Gasteiger partial charge >= 0.3 is 0 Å². The van der Waals surface area contributed by atoms with Crippen LogP contribution in [0.25, 0.3) is 0 Å². The second-order valence-electron chi connectivity index (χ2n) is 10.8. The van der Waals surface area contributed by atoms with Gasteiger partial charge in [0, 0.05) is 24.6 Å². The molecule has 1 amide bonds. The van der Waals surface area contributed by atoms with Crippen LogP contribution in [-0.4, -0.2) is 46.9 Å². The average molecular weight is 477 g/mol. The number of aliphatic imine (C=N–C) groups is 1. The Balaban J connectivity index is 0.000000479. The summed E-state index contributed by atoms with van der Waals surface area (Å²) in [4.78, 5) is 29.0. The standard InChI is InChI=1S/C20H37NO3.C8H11NO/c1-14-9-7-6-8-10-15(2)13-21-18(23)12-17(22)20(4,5)19(24)16(3)11-14;1-2-3-7-4-5-8(6-10)9-7/h14-17,22H,6-13H2,1-5H3,(H,21,23);2-4,10H,5-6H2,1H3/b;3-2-/t14?,15-,16?,17?;/m0./s1. The van der Waals surface area contributed by atoms with Crippen LogP contribution in [0.15, 0.2) is 28.9 Å². The van der Waals surface area contributed by atoms with E-state index < -0.39 is 11.5 Å². The number of hydrogen-bond donors (Lipinski definition) is 3. The Morgan fingerprint density at radius 1 is 1.12 bits per heavy atom. The lowest BCUT2D eigenvalue weighted by Crippen LogP contribution is -2.43. The fourth-order valence-electron chi connectivity index (χ4n) is 4.56. The van der Waals surface area contributed by atoms with E-state index in [-0.39, 0.29) is 30.6 Å². The number of amides is 1. The van der Waals surface area contributed by atoms with Crippen molar-refractivity contribution in [2.45, 2.75) is 99.0 Å². The summed E-state index contributed by atoms with van der Waals surface area (Å²) in [6.45, 7) is 12.5. The van der Waals surface area contributed by atoms with Crippen LogP contribution in [0.2, 0.25) is 0 Å². The molecule has 4 atom stereocenters. The topological polar surface area (TPSA) is 99.0 Å². The maximum Gasteiger partial charge on any atom is 0.222 e. The number of carbonyl (C=O) groups is 2. The molecule has 194 valence electrons. The van der Waals surface area contributed by atoms with Crippen LogP contribution in [0, 0.1) is 23.2 Å². The van der Waals surface area contributed by atoms with E-state index in [2.05, 4.69) is 24.2 Å². The number of hydrogen-bond acceptors (Lipinski definition) is 5. The van der Waals surface area contributed by atoms with Crippen molar-refractivity contribution in [2.24, 2.45) is 28.2 Å². The van der Waals surface area contributed by atoms with Crippen LogP contribution in [0.4, 0.5) is 0 Å². The molecule has 0 aromatic carbocycles. The van der Waals surface area contributed by atoms with Crippen molar-refractivity contribution in [3.63, 3.8) is 0 Å². The Hall–Kier alpha value is -1.79. The number of Topliss-reactive ketones (excluding diaryl/α,β-unsaturated/α-hetero) is 1. The third kappa shape index (κ3) is 10.6. The average Bonchev–Trinajstić information content (AvgIpc) is 3.24. The zero-order valence-electron chi connectivity index (χ0n) is 22.3. The summed E-state index contributed by atoms with van der Waals surface area (Å²) >= 11 is 0. The Kier molecular flexibility index (Phi) is 13.6. The summed E-state index contributed by atoms with van der Waals surface area (Å²) in [7, 11) is 0. The first kappa shape index (κ1) is 30.2. The number of nitrogens with one attached hydrogen (secondary N) is 1. The van der Waals surface area contributed by atoms with Gasteiger partial charge in [-0.1, -0.05) is 72.5 Å². The molecule has 0 aromatic rings. The highest BCUT2D eigenvalue weighted by atomic mass is 16.3. The molecule has 0 aromatic heterocycles. The van der Waals surface area contributed by atoms with Crippen LogP contribution in [0.3, 0.4) is 0 Å². The van der Waals surface area contributed by atoms with Gasteiger partial charge < -0.3 is 15.5 Å². The normalized spacial score (nSPS) is 29.6. The monoisotopic (exact) mass is 476 g/mol. The largest absolute Gasteiger partial charge is 0.392 e. The summed E-state index contributed by atoms with van der Waals surface area (Å²) < 4.78 is 0. The van der Waals surface area contributed by atoms with Crippen molar-refractivity contribution in [1.29, 1.82) is 0 Å². The molecule has 2 rings (SSSR count). The van der Waals surface area contributed by atoms with E-state index in [1.807, 2.05) is 32.1 Å². The molecule has 2 aliphatic heterocycles. The Bertz CT molecular complexity index is 739. The zero-order valence-corrected chi connectivity index (χ0v) is 22.3. The molecule has 0 aliphatic carbocycles. The molecule has 3 unspecified atom stereocenters. The highest BCUT2D eigenvalue weighted by molar-refractivity contribution is 5.90. The molecule has 0 saturated carbocycles. The number of allylic oxidation sites excluding steroid dienone is 3. The van der Waals surface area contributed by atoms with Gasteiger partial charge in [-0.05, 0) is 37.7 Å². The molecular weight excluding hydrogens is 428 g/mol. The lowest BCUT2D eigenvalue weighted by atomic mass is 9.74. The van der Waals surface area contributed by atoms with Crippen LogP contribution in [0.1, 0.15) is 92.9 Å². The molecule has 6 heteroatoms. The minimum atomic E-state index is -0.939. The number of ketones is 1. The number of carbonyl (C=O) groups excluding carboxylic acids is 2. The second kappa shape index (κ2) is 15.3. The van der Waals surface area contributed by atoms with Crippen molar-refractivity contribution in [2.75, 3.05) is 13.2 Å². The number of aliphatic hydroxyl groups excluding tert-OH is 2. The summed E-state index contributed by atoms with van der Waals surface area (Å²) in [6.07, 6.45) is 12.5. The van der Waals surface area contributed by atoms with Crippen LogP contribution in [0.5, 0.6) is 0 Å². The van der Waals surface area contributed by atoms with E-state index in [1.165, 1.54) is 19.3 Å². The van der Waals surface area contributed by atoms with Gasteiger partial charge in [-0.15, -0.1) is 0 Å². The lowest BCUT2D eigenvalue weighted by Gasteiger charge is -2.32. The molecule has 0 spiro atoms. The fraction of sp³-hybridized carbons (Fsp3) is 0.750. The SMILES string of the molecule is C/C=C\C1=CCC(CO)=N1.CC1CCCCC[C@H](C)CNC(=O)CC(O)C(C)(C)C(=O)C(C)C1. The van der Waals surface area contributed by atoms with E-state index in [0.29, 0.717) is 18.4 Å². The van der Waals surface area contributed by atoms with E-state index in [1.54, 1.807) is 13.8 Å². The third-order valence-corrected chi connectivity index (χ3v) is 6.95. The minimum Gasteiger partial charge on any atom is -0.392 e. The maximum absolute atomic E-state index is 12.8. The van der Waals surface area contributed by atoms with E-state index in [4.69, 9.17) is 5.11 Å². The van der Waals surface area contributed by atoms with Crippen LogP contribution >= 0.6 is 0 Å². The first-order valence-corrected chi connectivity index (χ1v) is 13.0. The predicted molar refractivity (Wildman–Crippen MR) is 140 cm³/mol. The molecule has 3 N–H and O–H groups in total. The summed E-state index contributed by atoms with van der Waals surface area (Å²) in [5.41, 5.74) is 0.929. The molecule has 6 nitrogen and oxygen atoms in total. The molecule has 2 heterocycles. The molecule has 2 aliphatic rings. The van der Waals surface area contributed by atoms with Gasteiger partial charge in [-0.2, -0.15) is 0 Å². The second-order valence-corrected chi connectivity index (χ2v) is 10.8. The number of aliphatic hydroxyl groups is 2. The van der Waals surface area contributed by atoms with Crippen molar-refractivity contribution in [3.05, 3.63) is 23.9 Å². The quantitative estimate of drug-likeness (QED) is 0.522. The molecular formula is C28H48N2O4. The predicted octanol–water partition coefficient (Wildman–Crippen LogP) is 4.99. The van der Waals surface area contributed by atoms with Crippen LogP contribution < -0.4 is 5.32 Å². The van der Waals surface area contributed by atoms with Gasteiger partial charge in [-0.25, -0.2) is 0 Å².